The van der Waals surface area contributed by atoms with Crippen molar-refractivity contribution in [2.24, 2.45) is 0 Å². The Balaban J connectivity index is 1.88. The summed E-state index contributed by atoms with van der Waals surface area (Å²) in [5, 5.41) is 3.29. The van der Waals surface area contributed by atoms with Crippen LogP contribution in [0.1, 0.15) is 18.2 Å². The highest BCUT2D eigenvalue weighted by atomic mass is 32.2. The standard InChI is InChI=1S/C13H23N3O3S/c1-3-14-10-12-4-9-19-13(12)11-15-5-7-16(8-6-15)20(2,17)18/h4,9,14H,3,5-8,10-11H2,1-2H3. The van der Waals surface area contributed by atoms with Crippen LogP contribution >= 0.6 is 0 Å². The van der Waals surface area contributed by atoms with E-state index < -0.39 is 10.0 Å². The lowest BCUT2D eigenvalue weighted by Gasteiger charge is -2.32. The highest BCUT2D eigenvalue weighted by Gasteiger charge is 2.24. The number of sulfonamides is 1. The average molecular weight is 301 g/mol. The predicted octanol–water partition coefficient (Wildman–Crippen LogP) is 0.466. The lowest BCUT2D eigenvalue weighted by molar-refractivity contribution is 0.170. The van der Waals surface area contributed by atoms with E-state index in [1.807, 2.05) is 6.07 Å². The highest BCUT2D eigenvalue weighted by Crippen LogP contribution is 2.15. The van der Waals surface area contributed by atoms with Crippen LogP contribution in [0.4, 0.5) is 0 Å². The minimum atomic E-state index is -3.06. The van der Waals surface area contributed by atoms with E-state index in [1.165, 1.54) is 16.1 Å². The summed E-state index contributed by atoms with van der Waals surface area (Å²) < 4.78 is 30.0. The first-order chi connectivity index (χ1) is 9.50. The number of nitrogens with one attached hydrogen (secondary N) is 1. The lowest BCUT2D eigenvalue weighted by Crippen LogP contribution is -2.47. The van der Waals surface area contributed by atoms with Crippen LogP contribution in [-0.4, -0.2) is 56.6 Å². The first kappa shape index (κ1) is 15.5. The molecule has 114 valence electrons. The molecule has 1 N–H and O–H groups in total. The van der Waals surface area contributed by atoms with Crippen molar-refractivity contribution < 1.29 is 12.8 Å². The van der Waals surface area contributed by atoms with Gasteiger partial charge in [-0.1, -0.05) is 6.92 Å². The molecule has 1 aromatic rings. The second-order valence-corrected chi connectivity index (χ2v) is 7.07. The zero-order valence-electron chi connectivity index (χ0n) is 12.1. The molecule has 0 spiro atoms. The van der Waals surface area contributed by atoms with Crippen LogP contribution in [0.5, 0.6) is 0 Å². The van der Waals surface area contributed by atoms with Crippen molar-refractivity contribution in [1.82, 2.24) is 14.5 Å². The van der Waals surface area contributed by atoms with Crippen LogP contribution in [0.15, 0.2) is 16.7 Å². The van der Waals surface area contributed by atoms with Crippen LogP contribution in [0.25, 0.3) is 0 Å². The maximum absolute atomic E-state index is 11.5. The Bertz CT molecular complexity index is 519. The molecule has 0 amide bonds. The van der Waals surface area contributed by atoms with Crippen LogP contribution in [-0.2, 0) is 23.1 Å². The molecule has 2 heterocycles. The molecule has 1 aliphatic rings. The van der Waals surface area contributed by atoms with Gasteiger partial charge in [-0.15, -0.1) is 0 Å². The van der Waals surface area contributed by atoms with Crippen molar-refractivity contribution in [3.05, 3.63) is 23.7 Å². The molecule has 0 atom stereocenters. The van der Waals surface area contributed by atoms with Crippen LogP contribution < -0.4 is 5.32 Å². The summed E-state index contributed by atoms with van der Waals surface area (Å²) in [5.41, 5.74) is 1.18. The molecular formula is C13H23N3O3S. The van der Waals surface area contributed by atoms with E-state index >= 15 is 0 Å². The Labute approximate surface area is 120 Å². The Morgan fingerprint density at radius 2 is 2.00 bits per heavy atom. The molecule has 20 heavy (non-hydrogen) atoms. The summed E-state index contributed by atoms with van der Waals surface area (Å²) >= 11 is 0. The normalized spacial score (nSPS) is 18.5. The molecule has 0 saturated carbocycles. The Morgan fingerprint density at radius 3 is 2.60 bits per heavy atom. The number of piperazine rings is 1. The minimum absolute atomic E-state index is 0.558. The van der Waals surface area contributed by atoms with Gasteiger partial charge in [0.15, 0.2) is 0 Å². The summed E-state index contributed by atoms with van der Waals surface area (Å²) in [4.78, 5) is 2.23. The van der Waals surface area contributed by atoms with Crippen LogP contribution in [0.2, 0.25) is 0 Å². The van der Waals surface area contributed by atoms with Gasteiger partial charge in [-0.2, -0.15) is 4.31 Å². The maximum Gasteiger partial charge on any atom is 0.211 e. The van der Waals surface area contributed by atoms with Gasteiger partial charge < -0.3 is 9.73 Å². The third kappa shape index (κ3) is 4.05. The van der Waals surface area contributed by atoms with Gasteiger partial charge >= 0.3 is 0 Å². The van der Waals surface area contributed by atoms with Gasteiger partial charge in [-0.25, -0.2) is 8.42 Å². The van der Waals surface area contributed by atoms with Gasteiger partial charge in [0.2, 0.25) is 10.0 Å². The fourth-order valence-electron chi connectivity index (χ4n) is 2.35. The molecule has 1 fully saturated rings. The van der Waals surface area contributed by atoms with Gasteiger partial charge in [-0.05, 0) is 12.6 Å². The molecular weight excluding hydrogens is 278 g/mol. The summed E-state index contributed by atoms with van der Waals surface area (Å²) in [6.45, 7) is 7.16. The maximum atomic E-state index is 11.5. The lowest BCUT2D eigenvalue weighted by atomic mass is 10.2. The topological polar surface area (TPSA) is 65.8 Å². The molecule has 0 bridgehead atoms. The number of hydrogen-bond acceptors (Lipinski definition) is 5. The Hall–Kier alpha value is -0.890. The molecule has 1 saturated heterocycles. The number of rotatable bonds is 6. The monoisotopic (exact) mass is 301 g/mol. The fraction of sp³-hybridized carbons (Fsp3) is 0.692. The van der Waals surface area contributed by atoms with E-state index in [2.05, 4.69) is 17.1 Å². The van der Waals surface area contributed by atoms with E-state index in [-0.39, 0.29) is 0 Å². The summed E-state index contributed by atoms with van der Waals surface area (Å²) in [6.07, 6.45) is 2.98. The minimum Gasteiger partial charge on any atom is -0.468 e. The van der Waals surface area contributed by atoms with E-state index in [4.69, 9.17) is 4.42 Å². The SMILES string of the molecule is CCNCc1ccoc1CN1CCN(S(C)(=O)=O)CC1. The van der Waals surface area contributed by atoms with Crippen molar-refractivity contribution in [3.8, 4) is 0 Å². The van der Waals surface area contributed by atoms with E-state index in [1.54, 1.807) is 6.26 Å². The summed E-state index contributed by atoms with van der Waals surface area (Å²) in [6, 6.07) is 1.99. The van der Waals surface area contributed by atoms with E-state index in [0.29, 0.717) is 13.1 Å². The van der Waals surface area contributed by atoms with E-state index in [9.17, 15) is 8.42 Å². The van der Waals surface area contributed by atoms with Crippen molar-refractivity contribution in [2.45, 2.75) is 20.0 Å². The fourth-order valence-corrected chi connectivity index (χ4v) is 3.17. The van der Waals surface area contributed by atoms with Crippen molar-refractivity contribution in [1.29, 1.82) is 0 Å². The van der Waals surface area contributed by atoms with Crippen molar-refractivity contribution in [2.75, 3.05) is 39.0 Å². The predicted molar refractivity (Wildman–Crippen MR) is 77.8 cm³/mol. The smallest absolute Gasteiger partial charge is 0.211 e. The van der Waals surface area contributed by atoms with Gasteiger partial charge in [0, 0.05) is 38.3 Å². The Morgan fingerprint density at radius 1 is 1.30 bits per heavy atom. The average Bonchev–Trinajstić information content (AvgIpc) is 2.83. The molecule has 1 aromatic heterocycles. The molecule has 0 radical (unpaired) electrons. The van der Waals surface area contributed by atoms with Crippen LogP contribution in [0, 0.1) is 0 Å². The summed E-state index contributed by atoms with van der Waals surface area (Å²) in [5.74, 6) is 0.971. The van der Waals surface area contributed by atoms with E-state index in [0.717, 1.165) is 38.5 Å². The number of furan rings is 1. The molecule has 0 aromatic carbocycles. The quantitative estimate of drug-likeness (QED) is 0.827. The van der Waals surface area contributed by atoms with Crippen molar-refractivity contribution >= 4 is 10.0 Å². The first-order valence-corrected chi connectivity index (χ1v) is 8.79. The number of hydrogen-bond donors (Lipinski definition) is 1. The number of nitrogens with zero attached hydrogens (tertiary/aromatic N) is 2. The van der Waals surface area contributed by atoms with Gasteiger partial charge in [0.25, 0.3) is 0 Å². The zero-order valence-corrected chi connectivity index (χ0v) is 12.9. The molecule has 0 unspecified atom stereocenters. The highest BCUT2D eigenvalue weighted by molar-refractivity contribution is 7.88. The molecule has 7 heteroatoms. The van der Waals surface area contributed by atoms with Crippen LogP contribution in [0.3, 0.4) is 0 Å². The molecule has 1 aliphatic heterocycles. The molecule has 0 aliphatic carbocycles. The third-order valence-electron chi connectivity index (χ3n) is 3.57. The summed E-state index contributed by atoms with van der Waals surface area (Å²) in [7, 11) is -3.06. The second kappa shape index (κ2) is 6.71. The van der Waals surface area contributed by atoms with Gasteiger partial charge in [0.05, 0.1) is 19.1 Å². The zero-order chi connectivity index (χ0) is 14.6. The van der Waals surface area contributed by atoms with Gasteiger partial charge in [-0.3, -0.25) is 4.90 Å². The Kier molecular flexibility index (Phi) is 5.20. The molecule has 6 nitrogen and oxygen atoms in total. The molecule has 2 rings (SSSR count). The van der Waals surface area contributed by atoms with Gasteiger partial charge in [0.1, 0.15) is 5.76 Å². The van der Waals surface area contributed by atoms with Crippen molar-refractivity contribution in [3.63, 3.8) is 0 Å². The first-order valence-electron chi connectivity index (χ1n) is 6.94. The largest absolute Gasteiger partial charge is 0.468 e. The third-order valence-corrected chi connectivity index (χ3v) is 4.87. The second-order valence-electron chi connectivity index (χ2n) is 5.09.